The molecule has 0 saturated carbocycles. The van der Waals surface area contributed by atoms with Crippen LogP contribution in [0.1, 0.15) is 27.7 Å². The summed E-state index contributed by atoms with van der Waals surface area (Å²) in [4.78, 5) is 19.4. The van der Waals surface area contributed by atoms with E-state index in [9.17, 15) is 4.79 Å². The van der Waals surface area contributed by atoms with Crippen LogP contribution in [0.15, 0.2) is 46.8 Å². The first kappa shape index (κ1) is 18.0. The van der Waals surface area contributed by atoms with Crippen LogP contribution in [0.5, 0.6) is 0 Å². The molecule has 1 amide bonds. The van der Waals surface area contributed by atoms with Crippen molar-refractivity contribution in [2.24, 2.45) is 10.7 Å². The summed E-state index contributed by atoms with van der Waals surface area (Å²) in [6.45, 7) is 4.26. The zero-order chi connectivity index (χ0) is 17.4. The molecule has 0 saturated heterocycles. The largest absolute Gasteiger partial charge is 0.366 e. The van der Waals surface area contributed by atoms with Crippen LogP contribution in [-0.2, 0) is 13.0 Å². The highest BCUT2D eigenvalue weighted by atomic mass is 32.1. The molecule has 0 aliphatic heterocycles. The Balaban J connectivity index is 2.01. The van der Waals surface area contributed by atoms with E-state index in [1.807, 2.05) is 19.2 Å². The normalized spacial score (nSPS) is 11.3. The van der Waals surface area contributed by atoms with E-state index in [-0.39, 0.29) is 0 Å². The van der Waals surface area contributed by atoms with Crippen molar-refractivity contribution in [3.05, 3.63) is 57.8 Å². The van der Waals surface area contributed by atoms with Crippen LogP contribution < -0.4 is 11.1 Å². The lowest BCUT2D eigenvalue weighted by Gasteiger charge is -2.21. The molecule has 6 heteroatoms. The van der Waals surface area contributed by atoms with E-state index in [1.165, 1.54) is 4.88 Å². The fourth-order valence-electron chi connectivity index (χ4n) is 2.30. The number of likely N-dealkylation sites (N-methyl/N-ethyl adjacent to an activating group) is 1. The first-order valence-electron chi connectivity index (χ1n) is 8.00. The molecule has 1 heterocycles. The van der Waals surface area contributed by atoms with Gasteiger partial charge in [0.15, 0.2) is 5.96 Å². The summed E-state index contributed by atoms with van der Waals surface area (Å²) in [5.74, 6) is 0.444. The number of thiophene rings is 1. The van der Waals surface area contributed by atoms with Gasteiger partial charge in [0.2, 0.25) is 5.91 Å². The first-order valence-corrected chi connectivity index (χ1v) is 8.88. The molecule has 0 aliphatic carbocycles. The number of nitrogens with two attached hydrogens (primary N) is 1. The molecule has 24 heavy (non-hydrogen) atoms. The molecule has 0 bridgehead atoms. The average Bonchev–Trinajstić information content (AvgIpc) is 3.10. The van der Waals surface area contributed by atoms with E-state index in [0.29, 0.717) is 12.1 Å². The molecule has 0 aliphatic rings. The van der Waals surface area contributed by atoms with Crippen LogP contribution in [0.25, 0.3) is 0 Å². The number of carbonyl (C=O) groups excluding carboxylic acids is 1. The van der Waals surface area contributed by atoms with E-state index in [2.05, 4.69) is 39.6 Å². The van der Waals surface area contributed by atoms with Gasteiger partial charge in [-0.15, -0.1) is 11.3 Å². The average molecular weight is 344 g/mol. The third-order valence-electron chi connectivity index (χ3n) is 3.59. The highest BCUT2D eigenvalue weighted by Crippen LogP contribution is 2.10. The Morgan fingerprint density at radius 3 is 2.83 bits per heavy atom. The van der Waals surface area contributed by atoms with Crippen molar-refractivity contribution in [2.75, 3.05) is 20.1 Å². The highest BCUT2D eigenvalue weighted by molar-refractivity contribution is 7.09. The SMILES string of the molecule is CCNC(=NCc1cccc(C(N)=O)c1)N(C)CCc1cccs1. The zero-order valence-electron chi connectivity index (χ0n) is 14.2. The van der Waals surface area contributed by atoms with Crippen LogP contribution >= 0.6 is 11.3 Å². The van der Waals surface area contributed by atoms with Gasteiger partial charge in [0.25, 0.3) is 0 Å². The van der Waals surface area contributed by atoms with Crippen LogP contribution in [0.4, 0.5) is 0 Å². The van der Waals surface area contributed by atoms with Crippen molar-refractivity contribution < 1.29 is 4.79 Å². The third-order valence-corrected chi connectivity index (χ3v) is 4.53. The number of aliphatic imine (C=N–C) groups is 1. The molecular weight excluding hydrogens is 320 g/mol. The van der Waals surface area contributed by atoms with Crippen molar-refractivity contribution in [2.45, 2.75) is 19.9 Å². The van der Waals surface area contributed by atoms with Gasteiger partial charge >= 0.3 is 0 Å². The Hall–Kier alpha value is -2.34. The molecule has 0 radical (unpaired) electrons. The minimum atomic E-state index is -0.416. The number of carbonyl (C=O) groups is 1. The summed E-state index contributed by atoms with van der Waals surface area (Å²) in [5.41, 5.74) is 6.80. The molecule has 0 unspecified atom stereocenters. The number of rotatable bonds is 7. The Morgan fingerprint density at radius 2 is 2.17 bits per heavy atom. The summed E-state index contributed by atoms with van der Waals surface area (Å²) in [7, 11) is 2.04. The molecule has 0 spiro atoms. The fourth-order valence-corrected chi connectivity index (χ4v) is 3.00. The van der Waals surface area contributed by atoms with Crippen molar-refractivity contribution >= 4 is 23.2 Å². The second-order valence-corrected chi connectivity index (χ2v) is 6.52. The monoisotopic (exact) mass is 344 g/mol. The minimum Gasteiger partial charge on any atom is -0.366 e. The van der Waals surface area contributed by atoms with Gasteiger partial charge in [-0.3, -0.25) is 4.79 Å². The predicted octanol–water partition coefficient (Wildman–Crippen LogP) is 2.49. The molecule has 0 fully saturated rings. The maximum atomic E-state index is 11.3. The van der Waals surface area contributed by atoms with Gasteiger partial charge in [-0.2, -0.15) is 0 Å². The maximum absolute atomic E-state index is 11.3. The molecule has 5 nitrogen and oxygen atoms in total. The molecule has 3 N–H and O–H groups in total. The van der Waals surface area contributed by atoms with E-state index >= 15 is 0 Å². The van der Waals surface area contributed by atoms with Gasteiger partial charge in [-0.05, 0) is 42.5 Å². The Labute approximate surface area is 147 Å². The number of amides is 1. The smallest absolute Gasteiger partial charge is 0.248 e. The number of nitrogens with one attached hydrogen (secondary N) is 1. The molecule has 0 atom stereocenters. The van der Waals surface area contributed by atoms with Crippen molar-refractivity contribution in [1.82, 2.24) is 10.2 Å². The van der Waals surface area contributed by atoms with E-state index in [0.717, 1.165) is 31.0 Å². The van der Waals surface area contributed by atoms with Gasteiger partial charge in [-0.1, -0.05) is 18.2 Å². The molecule has 2 rings (SSSR count). The number of hydrogen-bond donors (Lipinski definition) is 2. The Morgan fingerprint density at radius 1 is 1.33 bits per heavy atom. The van der Waals surface area contributed by atoms with E-state index in [4.69, 9.17) is 5.73 Å². The van der Waals surface area contributed by atoms with Crippen LogP contribution in [0.2, 0.25) is 0 Å². The topological polar surface area (TPSA) is 70.7 Å². The Kier molecular flexibility index (Phi) is 6.81. The predicted molar refractivity (Wildman–Crippen MR) is 100 cm³/mol. The number of primary amides is 1. The summed E-state index contributed by atoms with van der Waals surface area (Å²) in [6.07, 6.45) is 0.996. The van der Waals surface area contributed by atoms with E-state index < -0.39 is 5.91 Å². The standard InChI is InChI=1S/C18H24N4OS/c1-3-20-18(22(2)10-9-16-8-5-11-24-16)21-13-14-6-4-7-15(12-14)17(19)23/h4-8,11-12H,3,9-10,13H2,1-2H3,(H2,19,23)(H,20,21). The van der Waals surface area contributed by atoms with Crippen LogP contribution in [0.3, 0.4) is 0 Å². The van der Waals surface area contributed by atoms with Crippen molar-refractivity contribution in [3.63, 3.8) is 0 Å². The minimum absolute atomic E-state index is 0.416. The summed E-state index contributed by atoms with van der Waals surface area (Å²) in [5, 5.41) is 5.41. The lowest BCUT2D eigenvalue weighted by Crippen LogP contribution is -2.39. The lowest BCUT2D eigenvalue weighted by atomic mass is 10.1. The molecule has 2 aromatic rings. The quantitative estimate of drug-likeness (QED) is 0.599. The molecule has 128 valence electrons. The third kappa shape index (κ3) is 5.38. The molecular formula is C18H24N4OS. The van der Waals surface area contributed by atoms with Gasteiger partial charge in [0, 0.05) is 30.6 Å². The van der Waals surface area contributed by atoms with Gasteiger partial charge in [0.1, 0.15) is 0 Å². The van der Waals surface area contributed by atoms with Crippen molar-refractivity contribution in [1.29, 1.82) is 0 Å². The van der Waals surface area contributed by atoms with Crippen LogP contribution in [0, 0.1) is 0 Å². The van der Waals surface area contributed by atoms with Gasteiger partial charge in [-0.25, -0.2) is 4.99 Å². The van der Waals surface area contributed by atoms with Crippen molar-refractivity contribution in [3.8, 4) is 0 Å². The first-order chi connectivity index (χ1) is 11.6. The summed E-state index contributed by atoms with van der Waals surface area (Å²) in [6, 6.07) is 11.5. The second kappa shape index (κ2) is 9.08. The number of nitrogens with zero attached hydrogens (tertiary/aromatic N) is 2. The van der Waals surface area contributed by atoms with Gasteiger partial charge < -0.3 is 16.0 Å². The summed E-state index contributed by atoms with van der Waals surface area (Å²) < 4.78 is 0. The number of hydrogen-bond acceptors (Lipinski definition) is 3. The summed E-state index contributed by atoms with van der Waals surface area (Å²) >= 11 is 1.77. The van der Waals surface area contributed by atoms with E-state index in [1.54, 1.807) is 23.5 Å². The zero-order valence-corrected chi connectivity index (χ0v) is 15.0. The maximum Gasteiger partial charge on any atom is 0.248 e. The molecule has 1 aromatic carbocycles. The highest BCUT2D eigenvalue weighted by Gasteiger charge is 2.07. The number of benzene rings is 1. The van der Waals surface area contributed by atoms with Gasteiger partial charge in [0.05, 0.1) is 6.54 Å². The second-order valence-electron chi connectivity index (χ2n) is 5.49. The molecule has 1 aromatic heterocycles. The Bertz CT molecular complexity index is 682. The fraction of sp³-hybridized carbons (Fsp3) is 0.333. The number of guanidine groups is 1. The van der Waals surface area contributed by atoms with Crippen LogP contribution in [-0.4, -0.2) is 36.9 Å². The lowest BCUT2D eigenvalue weighted by molar-refractivity contribution is 0.1000.